The van der Waals surface area contributed by atoms with E-state index < -0.39 is 10.2 Å². The third-order valence-electron chi connectivity index (χ3n) is 2.10. The largest absolute Gasteiger partial charge is 0.394 e. The standard InChI is InChI=1S/C7H13N5O2S/c1-12-7(6(8)4-9-12)11-15(13,14)10-5-2-3-5/h4-5,10-11H,2-3,8H2,1H3. The Labute approximate surface area is 87.8 Å². The van der Waals surface area contributed by atoms with Crippen molar-refractivity contribution in [3.05, 3.63) is 6.20 Å². The van der Waals surface area contributed by atoms with E-state index >= 15 is 0 Å². The first-order chi connectivity index (χ1) is 6.98. The molecule has 0 radical (unpaired) electrons. The molecule has 0 atom stereocenters. The Hall–Kier alpha value is -1.28. The summed E-state index contributed by atoms with van der Waals surface area (Å²) in [6, 6.07) is 0.0666. The fourth-order valence-electron chi connectivity index (χ4n) is 1.16. The fraction of sp³-hybridized carbons (Fsp3) is 0.571. The second-order valence-corrected chi connectivity index (χ2v) is 5.02. The lowest BCUT2D eigenvalue weighted by molar-refractivity contribution is 0.585. The highest BCUT2D eigenvalue weighted by Gasteiger charge is 2.27. The van der Waals surface area contributed by atoms with Crippen LogP contribution >= 0.6 is 0 Å². The van der Waals surface area contributed by atoms with Crippen LogP contribution in [-0.4, -0.2) is 24.2 Å². The van der Waals surface area contributed by atoms with Gasteiger partial charge in [-0.2, -0.15) is 18.2 Å². The van der Waals surface area contributed by atoms with Gasteiger partial charge in [0.1, 0.15) is 0 Å². The van der Waals surface area contributed by atoms with Gasteiger partial charge in [0, 0.05) is 13.1 Å². The molecule has 0 aliphatic heterocycles. The number of nitrogens with zero attached hydrogens (tertiary/aromatic N) is 2. The Morgan fingerprint density at radius 3 is 2.73 bits per heavy atom. The summed E-state index contributed by atoms with van der Waals surface area (Å²) in [5.41, 5.74) is 5.86. The Bertz CT molecular complexity index is 442. The van der Waals surface area contributed by atoms with E-state index in [1.165, 1.54) is 10.9 Å². The first-order valence-corrected chi connectivity index (χ1v) is 6.04. The van der Waals surface area contributed by atoms with E-state index in [1.54, 1.807) is 7.05 Å². The third kappa shape index (κ3) is 2.39. The maximum absolute atomic E-state index is 11.5. The summed E-state index contributed by atoms with van der Waals surface area (Å²) < 4.78 is 29.3. The molecule has 84 valence electrons. The topological polar surface area (TPSA) is 102 Å². The van der Waals surface area contributed by atoms with E-state index in [-0.39, 0.29) is 11.9 Å². The minimum atomic E-state index is -3.53. The molecule has 1 saturated carbocycles. The van der Waals surface area contributed by atoms with Crippen LogP contribution in [0, 0.1) is 0 Å². The summed E-state index contributed by atoms with van der Waals surface area (Å²) >= 11 is 0. The lowest BCUT2D eigenvalue weighted by atomic mass is 10.5. The van der Waals surface area contributed by atoms with Gasteiger partial charge in [0.25, 0.3) is 0 Å². The molecule has 8 heteroatoms. The lowest BCUT2D eigenvalue weighted by Crippen LogP contribution is -2.32. The van der Waals surface area contributed by atoms with Crippen LogP contribution in [0.25, 0.3) is 0 Å². The second-order valence-electron chi connectivity index (χ2n) is 3.57. The number of hydrogen-bond donors (Lipinski definition) is 3. The molecule has 1 heterocycles. The molecule has 1 aromatic heterocycles. The van der Waals surface area contributed by atoms with Crippen LogP contribution in [0.5, 0.6) is 0 Å². The molecule has 2 rings (SSSR count). The molecule has 0 unspecified atom stereocenters. The maximum atomic E-state index is 11.5. The van der Waals surface area contributed by atoms with Crippen LogP contribution in [0.4, 0.5) is 11.5 Å². The van der Waals surface area contributed by atoms with Crippen molar-refractivity contribution >= 4 is 21.7 Å². The zero-order valence-corrected chi connectivity index (χ0v) is 9.08. The minimum absolute atomic E-state index is 0.0666. The normalized spacial score (nSPS) is 16.6. The molecule has 0 amide bonds. The zero-order chi connectivity index (χ0) is 11.1. The van der Waals surface area contributed by atoms with Gasteiger partial charge in [0.05, 0.1) is 11.9 Å². The van der Waals surface area contributed by atoms with Gasteiger partial charge >= 0.3 is 10.2 Å². The summed E-state index contributed by atoms with van der Waals surface area (Å²) in [5.74, 6) is 0.281. The quantitative estimate of drug-likeness (QED) is 0.644. The fourth-order valence-corrected chi connectivity index (χ4v) is 2.39. The number of aromatic nitrogens is 2. The van der Waals surface area contributed by atoms with Gasteiger partial charge < -0.3 is 5.73 Å². The van der Waals surface area contributed by atoms with Crippen molar-refractivity contribution in [2.75, 3.05) is 10.5 Å². The number of hydrogen-bond acceptors (Lipinski definition) is 4. The predicted octanol–water partition coefficient (Wildman–Crippen LogP) is -0.589. The van der Waals surface area contributed by atoms with E-state index in [1.807, 2.05) is 0 Å². The summed E-state index contributed by atoms with van der Waals surface area (Å²) in [5, 5.41) is 3.83. The van der Waals surface area contributed by atoms with Crippen molar-refractivity contribution in [1.29, 1.82) is 0 Å². The molecule has 1 aliphatic carbocycles. The molecule has 1 fully saturated rings. The van der Waals surface area contributed by atoms with Gasteiger partial charge in [-0.3, -0.25) is 9.40 Å². The van der Waals surface area contributed by atoms with Crippen LogP contribution in [0.3, 0.4) is 0 Å². The van der Waals surface area contributed by atoms with Gasteiger partial charge in [-0.1, -0.05) is 0 Å². The number of anilines is 2. The number of aryl methyl sites for hydroxylation is 1. The number of nitrogens with two attached hydrogens (primary N) is 1. The van der Waals surface area contributed by atoms with Crippen LogP contribution < -0.4 is 15.2 Å². The summed E-state index contributed by atoms with van der Waals surface area (Å²) in [6.45, 7) is 0. The Balaban J connectivity index is 2.13. The van der Waals surface area contributed by atoms with Gasteiger partial charge in [-0.15, -0.1) is 0 Å². The summed E-state index contributed by atoms with van der Waals surface area (Å²) in [4.78, 5) is 0. The number of nitrogens with one attached hydrogen (secondary N) is 2. The van der Waals surface area contributed by atoms with Gasteiger partial charge in [-0.05, 0) is 12.8 Å². The molecule has 0 saturated heterocycles. The average molecular weight is 231 g/mol. The van der Waals surface area contributed by atoms with Crippen molar-refractivity contribution in [1.82, 2.24) is 14.5 Å². The SMILES string of the molecule is Cn1ncc(N)c1NS(=O)(=O)NC1CC1. The molecule has 1 aliphatic rings. The molecule has 0 bridgehead atoms. The van der Waals surface area contributed by atoms with Gasteiger partial charge in [0.15, 0.2) is 5.82 Å². The van der Waals surface area contributed by atoms with E-state index in [9.17, 15) is 8.42 Å². The first kappa shape index (κ1) is 10.2. The average Bonchev–Trinajstić information content (AvgIpc) is 2.87. The molecule has 0 spiro atoms. The van der Waals surface area contributed by atoms with E-state index in [0.29, 0.717) is 5.69 Å². The number of nitrogen functional groups attached to an aromatic ring is 1. The molecular formula is C7H13N5O2S. The third-order valence-corrected chi connectivity index (χ3v) is 3.20. The lowest BCUT2D eigenvalue weighted by Gasteiger charge is -2.09. The maximum Gasteiger partial charge on any atom is 0.300 e. The highest BCUT2D eigenvalue weighted by atomic mass is 32.2. The van der Waals surface area contributed by atoms with Crippen LogP contribution in [0.2, 0.25) is 0 Å². The molecule has 15 heavy (non-hydrogen) atoms. The van der Waals surface area contributed by atoms with E-state index in [2.05, 4.69) is 14.5 Å². The highest BCUT2D eigenvalue weighted by molar-refractivity contribution is 7.90. The van der Waals surface area contributed by atoms with E-state index in [4.69, 9.17) is 5.73 Å². The summed E-state index contributed by atoms with van der Waals surface area (Å²) in [7, 11) is -1.91. The Morgan fingerprint density at radius 1 is 1.60 bits per heavy atom. The van der Waals surface area contributed by atoms with Crippen LogP contribution in [0.15, 0.2) is 6.20 Å². The number of rotatable bonds is 4. The smallest absolute Gasteiger partial charge is 0.300 e. The van der Waals surface area contributed by atoms with Crippen molar-refractivity contribution in [2.45, 2.75) is 18.9 Å². The van der Waals surface area contributed by atoms with Crippen molar-refractivity contribution in [3.63, 3.8) is 0 Å². The van der Waals surface area contributed by atoms with E-state index in [0.717, 1.165) is 12.8 Å². The van der Waals surface area contributed by atoms with Crippen molar-refractivity contribution < 1.29 is 8.42 Å². The van der Waals surface area contributed by atoms with Crippen LogP contribution in [0.1, 0.15) is 12.8 Å². The van der Waals surface area contributed by atoms with Crippen LogP contribution in [-0.2, 0) is 17.3 Å². The first-order valence-electron chi connectivity index (χ1n) is 4.55. The summed E-state index contributed by atoms with van der Waals surface area (Å²) in [6.07, 6.45) is 3.18. The van der Waals surface area contributed by atoms with Crippen molar-refractivity contribution in [2.24, 2.45) is 7.05 Å². The molecular weight excluding hydrogens is 218 g/mol. The van der Waals surface area contributed by atoms with Gasteiger partial charge in [-0.25, -0.2) is 0 Å². The molecule has 1 aromatic rings. The molecule has 4 N–H and O–H groups in total. The second kappa shape index (κ2) is 3.38. The predicted molar refractivity (Wildman–Crippen MR) is 56.3 cm³/mol. The zero-order valence-electron chi connectivity index (χ0n) is 8.27. The monoisotopic (exact) mass is 231 g/mol. The Kier molecular flexibility index (Phi) is 2.31. The molecule has 0 aromatic carbocycles. The van der Waals surface area contributed by atoms with Crippen molar-refractivity contribution in [3.8, 4) is 0 Å². The van der Waals surface area contributed by atoms with Gasteiger partial charge in [0.2, 0.25) is 0 Å². The molecule has 7 nitrogen and oxygen atoms in total. The minimum Gasteiger partial charge on any atom is -0.394 e. The highest BCUT2D eigenvalue weighted by Crippen LogP contribution is 2.21. The Morgan fingerprint density at radius 2 is 2.27 bits per heavy atom.